The van der Waals surface area contributed by atoms with Crippen molar-refractivity contribution in [1.29, 1.82) is 0 Å². The fraction of sp³-hybridized carbons (Fsp3) is 0.458. The van der Waals surface area contributed by atoms with Gasteiger partial charge in [-0.15, -0.1) is 0 Å². The first-order valence-electron chi connectivity index (χ1n) is 10.9. The zero-order chi connectivity index (χ0) is 22.4. The van der Waals surface area contributed by atoms with Crippen LogP contribution in [0.4, 0.5) is 0 Å². The van der Waals surface area contributed by atoms with Crippen LogP contribution in [-0.4, -0.2) is 37.8 Å². The molecule has 1 heterocycles. The fourth-order valence-electron chi connectivity index (χ4n) is 3.67. The summed E-state index contributed by atoms with van der Waals surface area (Å²) in [4.78, 5) is 13.0. The smallest absolute Gasteiger partial charge is 0.251 e. The molecule has 1 fully saturated rings. The molecule has 1 amide bonds. The van der Waals surface area contributed by atoms with Gasteiger partial charge in [-0.2, -0.15) is 4.31 Å². The van der Waals surface area contributed by atoms with E-state index in [-0.39, 0.29) is 16.9 Å². The Bertz CT molecular complexity index is 993. The molecule has 0 unspecified atom stereocenters. The first-order valence-corrected chi connectivity index (χ1v) is 12.4. The number of hydrogen-bond acceptors (Lipinski definition) is 4. The molecule has 0 saturated carbocycles. The number of hydrogen-bond donors (Lipinski definition) is 1. The fourth-order valence-corrected chi connectivity index (χ4v) is 5.22. The van der Waals surface area contributed by atoms with Gasteiger partial charge in [0.05, 0.1) is 11.0 Å². The molecule has 0 aromatic heterocycles. The summed E-state index contributed by atoms with van der Waals surface area (Å²) in [6.07, 6.45) is 3.96. The van der Waals surface area contributed by atoms with Gasteiger partial charge in [-0.25, -0.2) is 8.42 Å². The first kappa shape index (κ1) is 23.3. The Morgan fingerprint density at radius 2 is 1.68 bits per heavy atom. The minimum Gasteiger partial charge on any atom is -0.491 e. The number of aryl methyl sites for hydroxylation is 1. The molecule has 7 heteroatoms. The van der Waals surface area contributed by atoms with Crippen LogP contribution in [-0.2, 0) is 16.6 Å². The van der Waals surface area contributed by atoms with Crippen molar-refractivity contribution in [2.24, 2.45) is 0 Å². The first-order chi connectivity index (χ1) is 14.8. The summed E-state index contributed by atoms with van der Waals surface area (Å²) >= 11 is 0. The quantitative estimate of drug-likeness (QED) is 0.692. The second-order valence-electron chi connectivity index (χ2n) is 8.29. The minimum absolute atomic E-state index is 0.103. The number of amides is 1. The van der Waals surface area contributed by atoms with E-state index in [1.165, 1.54) is 6.07 Å². The number of carbonyl (C=O) groups is 1. The maximum absolute atomic E-state index is 13.1. The number of rotatable bonds is 7. The molecule has 1 N–H and O–H groups in total. The number of nitrogens with zero attached hydrogens (tertiary/aromatic N) is 1. The average molecular weight is 445 g/mol. The molecule has 31 heavy (non-hydrogen) atoms. The summed E-state index contributed by atoms with van der Waals surface area (Å²) < 4.78 is 33.4. The third-order valence-corrected chi connectivity index (χ3v) is 7.30. The topological polar surface area (TPSA) is 75.7 Å². The average Bonchev–Trinajstić information content (AvgIpc) is 3.03. The van der Waals surface area contributed by atoms with Crippen molar-refractivity contribution < 1.29 is 17.9 Å². The highest BCUT2D eigenvalue weighted by molar-refractivity contribution is 7.89. The van der Waals surface area contributed by atoms with Gasteiger partial charge in [0.25, 0.3) is 5.91 Å². The van der Waals surface area contributed by atoms with E-state index in [1.807, 2.05) is 45.0 Å². The molecule has 2 aromatic rings. The van der Waals surface area contributed by atoms with Crippen molar-refractivity contribution >= 4 is 15.9 Å². The predicted octanol–water partition coefficient (Wildman–Crippen LogP) is 4.28. The van der Waals surface area contributed by atoms with Gasteiger partial charge in [-0.3, -0.25) is 4.79 Å². The molecule has 0 radical (unpaired) electrons. The van der Waals surface area contributed by atoms with Crippen molar-refractivity contribution in [3.8, 4) is 5.75 Å². The van der Waals surface area contributed by atoms with Crippen molar-refractivity contribution in [1.82, 2.24) is 9.62 Å². The second-order valence-corrected chi connectivity index (χ2v) is 10.2. The van der Waals surface area contributed by atoms with Crippen LogP contribution in [0.15, 0.2) is 47.4 Å². The van der Waals surface area contributed by atoms with E-state index in [9.17, 15) is 13.2 Å². The van der Waals surface area contributed by atoms with Gasteiger partial charge in [-0.1, -0.05) is 31.0 Å². The normalized spacial score (nSPS) is 15.5. The van der Waals surface area contributed by atoms with E-state index in [4.69, 9.17) is 4.74 Å². The lowest BCUT2D eigenvalue weighted by atomic mass is 10.1. The molecule has 0 spiro atoms. The lowest BCUT2D eigenvalue weighted by Gasteiger charge is -2.20. The lowest BCUT2D eigenvalue weighted by Crippen LogP contribution is -2.32. The van der Waals surface area contributed by atoms with E-state index < -0.39 is 10.0 Å². The number of sulfonamides is 1. The van der Waals surface area contributed by atoms with E-state index in [1.54, 1.807) is 16.4 Å². The maximum Gasteiger partial charge on any atom is 0.251 e. The Balaban J connectivity index is 1.71. The van der Waals surface area contributed by atoms with Crippen LogP contribution in [0.5, 0.6) is 5.75 Å². The third kappa shape index (κ3) is 6.08. The van der Waals surface area contributed by atoms with E-state index in [0.717, 1.165) is 42.6 Å². The highest BCUT2D eigenvalue weighted by Crippen LogP contribution is 2.23. The van der Waals surface area contributed by atoms with Gasteiger partial charge in [0, 0.05) is 25.2 Å². The van der Waals surface area contributed by atoms with Crippen molar-refractivity contribution in [2.45, 2.75) is 64.0 Å². The summed E-state index contributed by atoms with van der Waals surface area (Å²) in [7, 11) is -3.60. The Morgan fingerprint density at radius 3 is 2.29 bits per heavy atom. The van der Waals surface area contributed by atoms with Crippen LogP contribution < -0.4 is 10.1 Å². The van der Waals surface area contributed by atoms with Gasteiger partial charge in [0.1, 0.15) is 5.75 Å². The van der Waals surface area contributed by atoms with E-state index in [2.05, 4.69) is 5.32 Å². The molecule has 6 nitrogen and oxygen atoms in total. The number of benzene rings is 2. The monoisotopic (exact) mass is 444 g/mol. The Hall–Kier alpha value is -2.38. The van der Waals surface area contributed by atoms with Crippen molar-refractivity contribution in [2.75, 3.05) is 13.1 Å². The molecular weight excluding hydrogens is 412 g/mol. The van der Waals surface area contributed by atoms with Crippen LogP contribution in [0, 0.1) is 6.92 Å². The van der Waals surface area contributed by atoms with Gasteiger partial charge in [0.15, 0.2) is 0 Å². The summed E-state index contributed by atoms with van der Waals surface area (Å²) in [5.74, 6) is 0.500. The summed E-state index contributed by atoms with van der Waals surface area (Å²) in [6, 6.07) is 12.4. The molecule has 1 aliphatic rings. The molecule has 0 aliphatic carbocycles. The zero-order valence-electron chi connectivity index (χ0n) is 18.6. The number of nitrogens with one attached hydrogen (secondary N) is 1. The van der Waals surface area contributed by atoms with Crippen LogP contribution in [0.1, 0.15) is 61.0 Å². The SMILES string of the molecule is Cc1ccc(S(=O)(=O)N2CCCCCC2)cc1C(=O)NCc1ccc(OC(C)C)cc1. The molecule has 1 aliphatic heterocycles. The lowest BCUT2D eigenvalue weighted by molar-refractivity contribution is 0.0950. The molecular formula is C24H32N2O4S. The molecule has 3 rings (SSSR count). The van der Waals surface area contributed by atoms with Gasteiger partial charge < -0.3 is 10.1 Å². The number of carbonyl (C=O) groups excluding carboxylic acids is 1. The Labute approximate surface area is 185 Å². The van der Waals surface area contributed by atoms with Gasteiger partial charge >= 0.3 is 0 Å². The summed E-state index contributed by atoms with van der Waals surface area (Å²) in [5, 5.41) is 2.90. The van der Waals surface area contributed by atoms with Gasteiger partial charge in [-0.05, 0) is 69.0 Å². The van der Waals surface area contributed by atoms with Crippen LogP contribution in [0.2, 0.25) is 0 Å². The largest absolute Gasteiger partial charge is 0.491 e. The predicted molar refractivity (Wildman–Crippen MR) is 122 cm³/mol. The molecule has 0 bridgehead atoms. The Kier molecular flexibility index (Phi) is 7.73. The summed E-state index contributed by atoms with van der Waals surface area (Å²) in [6.45, 7) is 7.18. The summed E-state index contributed by atoms with van der Waals surface area (Å²) in [5.41, 5.74) is 2.07. The van der Waals surface area contributed by atoms with Crippen molar-refractivity contribution in [3.05, 3.63) is 59.2 Å². The van der Waals surface area contributed by atoms with E-state index >= 15 is 0 Å². The third-order valence-electron chi connectivity index (χ3n) is 5.40. The molecule has 1 saturated heterocycles. The van der Waals surface area contributed by atoms with Gasteiger partial charge in [0.2, 0.25) is 10.0 Å². The van der Waals surface area contributed by atoms with Crippen LogP contribution in [0.25, 0.3) is 0 Å². The highest BCUT2D eigenvalue weighted by atomic mass is 32.2. The standard InChI is InChI=1S/C24H32N2O4S/c1-18(2)30-21-11-9-20(10-12-21)17-25-24(27)23-16-22(13-8-19(23)3)31(28,29)26-14-6-4-5-7-15-26/h8-13,16,18H,4-7,14-15,17H2,1-3H3,(H,25,27). The van der Waals surface area contributed by atoms with Crippen molar-refractivity contribution in [3.63, 3.8) is 0 Å². The maximum atomic E-state index is 13.1. The second kappa shape index (κ2) is 10.3. The van der Waals surface area contributed by atoms with Crippen LogP contribution in [0.3, 0.4) is 0 Å². The van der Waals surface area contributed by atoms with Crippen LogP contribution >= 0.6 is 0 Å². The molecule has 2 aromatic carbocycles. The van der Waals surface area contributed by atoms with E-state index in [0.29, 0.717) is 25.2 Å². The Morgan fingerprint density at radius 1 is 1.03 bits per heavy atom. The number of ether oxygens (including phenoxy) is 1. The highest BCUT2D eigenvalue weighted by Gasteiger charge is 2.26. The molecule has 168 valence electrons. The minimum atomic E-state index is -3.60. The zero-order valence-corrected chi connectivity index (χ0v) is 19.4. The molecule has 0 atom stereocenters.